The summed E-state index contributed by atoms with van der Waals surface area (Å²) in [5.41, 5.74) is 2.23. The van der Waals surface area contributed by atoms with Crippen LogP contribution in [0, 0.1) is 12.7 Å². The minimum absolute atomic E-state index is 0.216. The summed E-state index contributed by atoms with van der Waals surface area (Å²) >= 11 is 0. The molecular formula is C14H17FN2O. The number of hydrogen-bond donors (Lipinski definition) is 1. The maximum absolute atomic E-state index is 13.2. The van der Waals surface area contributed by atoms with Crippen molar-refractivity contribution >= 4 is 0 Å². The van der Waals surface area contributed by atoms with Crippen molar-refractivity contribution in [1.29, 1.82) is 0 Å². The van der Waals surface area contributed by atoms with Crippen LogP contribution >= 0.6 is 0 Å². The first kappa shape index (κ1) is 12.8. The molecule has 2 aromatic rings. The molecule has 0 spiro atoms. The van der Waals surface area contributed by atoms with Crippen LogP contribution in [-0.4, -0.2) is 11.0 Å². The number of benzene rings is 1. The molecule has 1 N–H and O–H groups in total. The fourth-order valence-electron chi connectivity index (χ4n) is 1.61. The van der Waals surface area contributed by atoms with Crippen LogP contribution < -0.4 is 5.32 Å². The largest absolute Gasteiger partial charge is 0.444 e. The molecule has 2 rings (SSSR count). The van der Waals surface area contributed by atoms with Gasteiger partial charge in [0.05, 0.1) is 5.69 Å². The molecule has 0 radical (unpaired) electrons. The van der Waals surface area contributed by atoms with E-state index in [1.807, 2.05) is 0 Å². The smallest absolute Gasteiger partial charge is 0.226 e. The normalized spacial score (nSPS) is 11.2. The number of rotatable bonds is 4. The van der Waals surface area contributed by atoms with Crippen LogP contribution in [0.4, 0.5) is 4.39 Å². The van der Waals surface area contributed by atoms with Crippen LogP contribution in [0.3, 0.4) is 0 Å². The molecule has 0 bridgehead atoms. The molecule has 3 nitrogen and oxygen atoms in total. The van der Waals surface area contributed by atoms with E-state index in [4.69, 9.17) is 4.42 Å². The predicted molar refractivity (Wildman–Crippen MR) is 68.6 cm³/mol. The third kappa shape index (κ3) is 2.96. The van der Waals surface area contributed by atoms with Crippen molar-refractivity contribution in [3.63, 3.8) is 0 Å². The van der Waals surface area contributed by atoms with Crippen LogP contribution in [-0.2, 0) is 6.54 Å². The van der Waals surface area contributed by atoms with Gasteiger partial charge < -0.3 is 9.73 Å². The number of nitrogens with one attached hydrogen (secondary N) is 1. The second-order valence-electron chi connectivity index (χ2n) is 4.64. The molecule has 4 heteroatoms. The van der Waals surface area contributed by atoms with Crippen molar-refractivity contribution in [1.82, 2.24) is 10.3 Å². The summed E-state index contributed by atoms with van der Waals surface area (Å²) < 4.78 is 18.6. The summed E-state index contributed by atoms with van der Waals surface area (Å²) in [7, 11) is 0. The quantitative estimate of drug-likeness (QED) is 0.902. The Kier molecular flexibility index (Phi) is 3.77. The fraction of sp³-hybridized carbons (Fsp3) is 0.357. The number of nitrogens with zero attached hydrogens (tertiary/aromatic N) is 1. The van der Waals surface area contributed by atoms with Gasteiger partial charge in [-0.3, -0.25) is 0 Å². The topological polar surface area (TPSA) is 38.1 Å². The third-order valence-electron chi connectivity index (χ3n) is 2.65. The number of aryl methyl sites for hydroxylation is 1. The van der Waals surface area contributed by atoms with E-state index in [0.717, 1.165) is 11.3 Å². The van der Waals surface area contributed by atoms with E-state index in [0.29, 0.717) is 24.0 Å². The molecule has 1 aromatic heterocycles. The Hall–Kier alpha value is -1.68. The minimum Gasteiger partial charge on any atom is -0.444 e. The average molecular weight is 248 g/mol. The average Bonchev–Trinajstić information content (AvgIpc) is 2.79. The van der Waals surface area contributed by atoms with Crippen LogP contribution in [0.15, 0.2) is 28.9 Å². The van der Waals surface area contributed by atoms with Gasteiger partial charge in [-0.2, -0.15) is 0 Å². The van der Waals surface area contributed by atoms with E-state index in [1.165, 1.54) is 6.07 Å². The summed E-state index contributed by atoms with van der Waals surface area (Å²) in [5, 5.41) is 3.26. The standard InChI is InChI=1S/C14H17FN2O/c1-9(2)16-7-12-8-18-14(17-12)11-4-5-13(15)10(3)6-11/h4-6,8-9,16H,7H2,1-3H3. The molecule has 0 fully saturated rings. The minimum atomic E-state index is -0.216. The Morgan fingerprint density at radius 2 is 2.17 bits per heavy atom. The highest BCUT2D eigenvalue weighted by Gasteiger charge is 2.08. The van der Waals surface area contributed by atoms with E-state index < -0.39 is 0 Å². The van der Waals surface area contributed by atoms with Crippen LogP contribution in [0.25, 0.3) is 11.5 Å². The highest BCUT2D eigenvalue weighted by molar-refractivity contribution is 5.54. The van der Waals surface area contributed by atoms with Gasteiger partial charge in [0.15, 0.2) is 0 Å². The van der Waals surface area contributed by atoms with E-state index >= 15 is 0 Å². The van der Waals surface area contributed by atoms with Crippen LogP contribution in [0.5, 0.6) is 0 Å². The first-order valence-electron chi connectivity index (χ1n) is 6.00. The van der Waals surface area contributed by atoms with Crippen LogP contribution in [0.1, 0.15) is 25.1 Å². The van der Waals surface area contributed by atoms with Crippen molar-refractivity contribution < 1.29 is 8.81 Å². The molecule has 1 aromatic carbocycles. The summed E-state index contributed by atoms with van der Waals surface area (Å²) in [4.78, 5) is 4.37. The Morgan fingerprint density at radius 1 is 1.39 bits per heavy atom. The molecule has 0 saturated carbocycles. The lowest BCUT2D eigenvalue weighted by molar-refractivity contribution is 0.559. The summed E-state index contributed by atoms with van der Waals surface area (Å²) in [6, 6.07) is 5.24. The van der Waals surface area contributed by atoms with Gasteiger partial charge in [-0.25, -0.2) is 9.37 Å². The fourth-order valence-corrected chi connectivity index (χ4v) is 1.61. The van der Waals surface area contributed by atoms with E-state index in [1.54, 1.807) is 25.3 Å². The van der Waals surface area contributed by atoms with E-state index in [-0.39, 0.29) is 5.82 Å². The molecule has 96 valence electrons. The Morgan fingerprint density at radius 3 is 2.83 bits per heavy atom. The molecule has 0 atom stereocenters. The second-order valence-corrected chi connectivity index (χ2v) is 4.64. The predicted octanol–water partition coefficient (Wildman–Crippen LogP) is 3.29. The maximum atomic E-state index is 13.2. The van der Waals surface area contributed by atoms with Gasteiger partial charge >= 0.3 is 0 Å². The molecule has 18 heavy (non-hydrogen) atoms. The number of halogens is 1. The van der Waals surface area contributed by atoms with Crippen molar-refractivity contribution in [3.05, 3.63) is 41.5 Å². The SMILES string of the molecule is Cc1cc(-c2nc(CNC(C)C)co2)ccc1F. The van der Waals surface area contributed by atoms with E-state index in [9.17, 15) is 4.39 Å². The summed E-state index contributed by atoms with van der Waals surface area (Å²) in [5.74, 6) is 0.311. The number of oxazole rings is 1. The van der Waals surface area contributed by atoms with Gasteiger partial charge in [-0.15, -0.1) is 0 Å². The van der Waals surface area contributed by atoms with Gasteiger partial charge in [0.25, 0.3) is 0 Å². The second kappa shape index (κ2) is 5.31. The first-order chi connectivity index (χ1) is 8.56. The molecule has 0 aliphatic rings. The number of aromatic nitrogens is 1. The van der Waals surface area contributed by atoms with Gasteiger partial charge in [0, 0.05) is 18.2 Å². The zero-order valence-electron chi connectivity index (χ0n) is 10.8. The zero-order valence-corrected chi connectivity index (χ0v) is 10.8. The van der Waals surface area contributed by atoms with Gasteiger partial charge in [-0.1, -0.05) is 13.8 Å². The molecular weight excluding hydrogens is 231 g/mol. The summed E-state index contributed by atoms with van der Waals surface area (Å²) in [6.45, 7) is 6.54. The van der Waals surface area contributed by atoms with Crippen molar-refractivity contribution in [3.8, 4) is 11.5 Å². The Labute approximate surface area is 106 Å². The highest BCUT2D eigenvalue weighted by Crippen LogP contribution is 2.21. The molecule has 0 unspecified atom stereocenters. The monoisotopic (exact) mass is 248 g/mol. The summed E-state index contributed by atoms with van der Waals surface area (Å²) in [6.07, 6.45) is 1.63. The lowest BCUT2D eigenvalue weighted by Crippen LogP contribution is -2.21. The van der Waals surface area contributed by atoms with Crippen molar-refractivity contribution in [2.75, 3.05) is 0 Å². The first-order valence-corrected chi connectivity index (χ1v) is 6.00. The lowest BCUT2D eigenvalue weighted by atomic mass is 10.1. The zero-order chi connectivity index (χ0) is 13.1. The van der Waals surface area contributed by atoms with Crippen LogP contribution in [0.2, 0.25) is 0 Å². The Balaban J connectivity index is 2.16. The van der Waals surface area contributed by atoms with Crippen molar-refractivity contribution in [2.45, 2.75) is 33.4 Å². The Bertz CT molecular complexity index is 534. The molecule has 1 heterocycles. The molecule has 0 aliphatic heterocycles. The third-order valence-corrected chi connectivity index (χ3v) is 2.65. The molecule has 0 aliphatic carbocycles. The lowest BCUT2D eigenvalue weighted by Gasteiger charge is -2.04. The van der Waals surface area contributed by atoms with Gasteiger partial charge in [0.2, 0.25) is 5.89 Å². The molecule has 0 saturated heterocycles. The number of hydrogen-bond acceptors (Lipinski definition) is 3. The maximum Gasteiger partial charge on any atom is 0.226 e. The van der Waals surface area contributed by atoms with Crippen molar-refractivity contribution in [2.24, 2.45) is 0 Å². The highest BCUT2D eigenvalue weighted by atomic mass is 19.1. The van der Waals surface area contributed by atoms with E-state index in [2.05, 4.69) is 24.1 Å². The van der Waals surface area contributed by atoms with Gasteiger partial charge in [0.1, 0.15) is 12.1 Å². The molecule has 0 amide bonds. The van der Waals surface area contributed by atoms with Gasteiger partial charge in [-0.05, 0) is 30.7 Å².